The average Bonchev–Trinajstić information content (AvgIpc) is 2.45. The SMILES string of the molecule is CCN1CCO[C@]2(CC[C@@H](N(C)CCC(C)C)CC2)C1. The van der Waals surface area contributed by atoms with Crippen LogP contribution in [0, 0.1) is 5.92 Å². The lowest BCUT2D eigenvalue weighted by molar-refractivity contribution is -0.132. The summed E-state index contributed by atoms with van der Waals surface area (Å²) in [6.07, 6.45) is 6.44. The van der Waals surface area contributed by atoms with Gasteiger partial charge in [0.1, 0.15) is 0 Å². The zero-order chi connectivity index (χ0) is 14.6. The van der Waals surface area contributed by atoms with Gasteiger partial charge in [-0.05, 0) is 58.2 Å². The lowest BCUT2D eigenvalue weighted by Gasteiger charge is -2.47. The second kappa shape index (κ2) is 7.24. The molecule has 3 nitrogen and oxygen atoms in total. The Labute approximate surface area is 125 Å². The van der Waals surface area contributed by atoms with Crippen molar-refractivity contribution in [3.05, 3.63) is 0 Å². The van der Waals surface area contributed by atoms with E-state index in [1.54, 1.807) is 0 Å². The summed E-state index contributed by atoms with van der Waals surface area (Å²) in [5.74, 6) is 0.812. The number of likely N-dealkylation sites (N-methyl/N-ethyl adjacent to an activating group) is 1. The minimum absolute atomic E-state index is 0.184. The van der Waals surface area contributed by atoms with Crippen molar-refractivity contribution in [3.8, 4) is 0 Å². The van der Waals surface area contributed by atoms with Crippen LogP contribution < -0.4 is 0 Å². The molecule has 1 spiro atoms. The highest BCUT2D eigenvalue weighted by Gasteiger charge is 2.40. The van der Waals surface area contributed by atoms with E-state index in [4.69, 9.17) is 4.74 Å². The minimum Gasteiger partial charge on any atom is -0.372 e. The highest BCUT2D eigenvalue weighted by Crippen LogP contribution is 2.36. The Morgan fingerprint density at radius 1 is 1.30 bits per heavy atom. The van der Waals surface area contributed by atoms with Gasteiger partial charge in [-0.2, -0.15) is 0 Å². The van der Waals surface area contributed by atoms with E-state index in [1.165, 1.54) is 45.2 Å². The predicted octanol–water partition coefficient (Wildman–Crippen LogP) is 3.00. The first kappa shape index (κ1) is 16.3. The Balaban J connectivity index is 1.79. The Morgan fingerprint density at radius 3 is 2.60 bits per heavy atom. The van der Waals surface area contributed by atoms with E-state index in [0.717, 1.165) is 31.7 Å². The van der Waals surface area contributed by atoms with Crippen LogP contribution in [0.4, 0.5) is 0 Å². The number of ether oxygens (including phenoxy) is 1. The first-order valence-corrected chi connectivity index (χ1v) is 8.61. The number of nitrogens with zero attached hydrogens (tertiary/aromatic N) is 2. The van der Waals surface area contributed by atoms with Crippen molar-refractivity contribution in [1.82, 2.24) is 9.80 Å². The summed E-state index contributed by atoms with van der Waals surface area (Å²) >= 11 is 0. The molecule has 0 atom stereocenters. The molecule has 1 saturated heterocycles. The van der Waals surface area contributed by atoms with Gasteiger partial charge in [-0.3, -0.25) is 4.90 Å². The maximum atomic E-state index is 6.20. The summed E-state index contributed by atoms with van der Waals surface area (Å²) in [5, 5.41) is 0. The van der Waals surface area contributed by atoms with E-state index < -0.39 is 0 Å². The van der Waals surface area contributed by atoms with Gasteiger partial charge in [0.05, 0.1) is 12.2 Å². The molecule has 0 bridgehead atoms. The third kappa shape index (κ3) is 4.19. The van der Waals surface area contributed by atoms with Crippen molar-refractivity contribution in [2.45, 2.75) is 64.5 Å². The standard InChI is InChI=1S/C17H34N2O/c1-5-19-12-13-20-17(14-19)9-6-16(7-10-17)18(4)11-8-15(2)3/h15-16H,5-14H2,1-4H3/t16-,17+. The molecule has 2 fully saturated rings. The minimum atomic E-state index is 0.184. The Bertz CT molecular complexity index is 285. The molecule has 0 radical (unpaired) electrons. The van der Waals surface area contributed by atoms with Crippen LogP contribution in [0.5, 0.6) is 0 Å². The molecule has 1 aliphatic carbocycles. The molecule has 0 unspecified atom stereocenters. The van der Waals surface area contributed by atoms with Crippen LogP contribution in [0.1, 0.15) is 52.9 Å². The van der Waals surface area contributed by atoms with Crippen molar-refractivity contribution in [3.63, 3.8) is 0 Å². The topological polar surface area (TPSA) is 15.7 Å². The first-order valence-electron chi connectivity index (χ1n) is 8.61. The third-order valence-electron chi connectivity index (χ3n) is 5.32. The van der Waals surface area contributed by atoms with Crippen molar-refractivity contribution in [1.29, 1.82) is 0 Å². The normalized spacial score (nSPS) is 32.4. The van der Waals surface area contributed by atoms with Crippen LogP contribution in [-0.2, 0) is 4.74 Å². The van der Waals surface area contributed by atoms with Gasteiger partial charge in [0.2, 0.25) is 0 Å². The summed E-state index contributed by atoms with van der Waals surface area (Å²) in [5.41, 5.74) is 0.184. The van der Waals surface area contributed by atoms with E-state index in [1.807, 2.05) is 0 Å². The molecule has 0 aromatic heterocycles. The van der Waals surface area contributed by atoms with Crippen LogP contribution in [0.2, 0.25) is 0 Å². The van der Waals surface area contributed by atoms with E-state index in [0.29, 0.717) is 0 Å². The number of hydrogen-bond donors (Lipinski definition) is 0. The summed E-state index contributed by atoms with van der Waals surface area (Å²) in [6.45, 7) is 12.5. The smallest absolute Gasteiger partial charge is 0.0810 e. The highest BCUT2D eigenvalue weighted by atomic mass is 16.5. The molecule has 0 amide bonds. The number of morpholine rings is 1. The van der Waals surface area contributed by atoms with Gasteiger partial charge in [0.15, 0.2) is 0 Å². The third-order valence-corrected chi connectivity index (χ3v) is 5.32. The molecule has 1 saturated carbocycles. The van der Waals surface area contributed by atoms with Gasteiger partial charge in [-0.15, -0.1) is 0 Å². The molecular weight excluding hydrogens is 248 g/mol. The maximum Gasteiger partial charge on any atom is 0.0810 e. The van der Waals surface area contributed by atoms with Gasteiger partial charge >= 0.3 is 0 Å². The molecule has 0 N–H and O–H groups in total. The van der Waals surface area contributed by atoms with Crippen LogP contribution in [0.3, 0.4) is 0 Å². The van der Waals surface area contributed by atoms with E-state index in [-0.39, 0.29) is 5.60 Å². The molecule has 2 aliphatic rings. The molecule has 118 valence electrons. The zero-order valence-electron chi connectivity index (χ0n) is 14.0. The highest BCUT2D eigenvalue weighted by molar-refractivity contribution is 4.94. The monoisotopic (exact) mass is 282 g/mol. The average molecular weight is 282 g/mol. The van der Waals surface area contributed by atoms with Crippen LogP contribution in [0.25, 0.3) is 0 Å². The summed E-state index contributed by atoms with van der Waals surface area (Å²) < 4.78 is 6.20. The zero-order valence-corrected chi connectivity index (χ0v) is 14.0. The van der Waals surface area contributed by atoms with Gasteiger partial charge in [-0.25, -0.2) is 0 Å². The van der Waals surface area contributed by atoms with Crippen LogP contribution in [0.15, 0.2) is 0 Å². The van der Waals surface area contributed by atoms with Crippen molar-refractivity contribution in [2.75, 3.05) is 39.8 Å². The summed E-state index contributed by atoms with van der Waals surface area (Å²) in [7, 11) is 2.31. The second-order valence-corrected chi connectivity index (χ2v) is 7.29. The summed E-state index contributed by atoms with van der Waals surface area (Å²) in [4.78, 5) is 5.15. The maximum absolute atomic E-state index is 6.20. The van der Waals surface area contributed by atoms with E-state index in [9.17, 15) is 0 Å². The molecule has 3 heteroatoms. The Kier molecular flexibility index (Phi) is 5.88. The lowest BCUT2D eigenvalue weighted by atomic mass is 9.80. The number of hydrogen-bond acceptors (Lipinski definition) is 3. The van der Waals surface area contributed by atoms with Gasteiger partial charge in [0, 0.05) is 19.1 Å². The fourth-order valence-corrected chi connectivity index (χ4v) is 3.71. The molecule has 2 rings (SSSR count). The molecule has 0 aromatic carbocycles. The van der Waals surface area contributed by atoms with Crippen molar-refractivity contribution in [2.24, 2.45) is 5.92 Å². The van der Waals surface area contributed by atoms with Crippen molar-refractivity contribution >= 4 is 0 Å². The van der Waals surface area contributed by atoms with Crippen LogP contribution >= 0.6 is 0 Å². The Morgan fingerprint density at radius 2 is 2.00 bits per heavy atom. The molecule has 20 heavy (non-hydrogen) atoms. The van der Waals surface area contributed by atoms with Gasteiger partial charge in [0.25, 0.3) is 0 Å². The largest absolute Gasteiger partial charge is 0.372 e. The fourth-order valence-electron chi connectivity index (χ4n) is 3.71. The molecule has 1 aliphatic heterocycles. The Hall–Kier alpha value is -0.120. The van der Waals surface area contributed by atoms with Crippen LogP contribution in [-0.4, -0.2) is 61.3 Å². The molecule has 0 aromatic rings. The number of rotatable bonds is 5. The predicted molar refractivity (Wildman–Crippen MR) is 85.1 cm³/mol. The van der Waals surface area contributed by atoms with Crippen molar-refractivity contribution < 1.29 is 4.74 Å². The van der Waals surface area contributed by atoms with Gasteiger partial charge in [-0.1, -0.05) is 20.8 Å². The first-order chi connectivity index (χ1) is 9.54. The fraction of sp³-hybridized carbons (Fsp3) is 1.00. The lowest BCUT2D eigenvalue weighted by Crippen LogP contribution is -2.54. The molecule has 1 heterocycles. The second-order valence-electron chi connectivity index (χ2n) is 7.29. The molecular formula is C17H34N2O. The van der Waals surface area contributed by atoms with E-state index >= 15 is 0 Å². The van der Waals surface area contributed by atoms with E-state index in [2.05, 4.69) is 37.6 Å². The summed E-state index contributed by atoms with van der Waals surface area (Å²) in [6, 6.07) is 0.778. The van der Waals surface area contributed by atoms with Gasteiger partial charge < -0.3 is 9.64 Å². The quantitative estimate of drug-likeness (QED) is 0.771.